The van der Waals surface area contributed by atoms with Crippen LogP contribution in [0.25, 0.3) is 11.4 Å². The summed E-state index contributed by atoms with van der Waals surface area (Å²) in [6, 6.07) is 12.5. The summed E-state index contributed by atoms with van der Waals surface area (Å²) in [5, 5.41) is 3.83. The molecule has 10 heteroatoms. The van der Waals surface area contributed by atoms with E-state index in [4.69, 9.17) is 11.6 Å². The predicted octanol–water partition coefficient (Wildman–Crippen LogP) is 5.20. The van der Waals surface area contributed by atoms with Crippen molar-refractivity contribution in [1.29, 1.82) is 0 Å². The van der Waals surface area contributed by atoms with Gasteiger partial charge >= 0.3 is 12.1 Å². The van der Waals surface area contributed by atoms with Crippen LogP contribution in [0.15, 0.2) is 62.3 Å². The molecule has 26 heavy (non-hydrogen) atoms. The number of benzene rings is 2. The fourth-order valence-electron chi connectivity index (χ4n) is 2.07. The van der Waals surface area contributed by atoms with Gasteiger partial charge in [0.2, 0.25) is 5.82 Å². The normalized spacial score (nSPS) is 14.0. The second-order valence-corrected chi connectivity index (χ2v) is 8.01. The van der Waals surface area contributed by atoms with Gasteiger partial charge in [-0.1, -0.05) is 16.8 Å². The van der Waals surface area contributed by atoms with Crippen molar-refractivity contribution in [3.05, 3.63) is 59.4 Å². The summed E-state index contributed by atoms with van der Waals surface area (Å²) in [5.41, 5.74) is 0.716. The average Bonchev–Trinajstić information content (AvgIpc) is 3.06. The number of halogens is 4. The highest BCUT2D eigenvalue weighted by atomic mass is 35.5. The molecule has 0 N–H and O–H groups in total. The van der Waals surface area contributed by atoms with Crippen LogP contribution < -0.4 is 0 Å². The van der Waals surface area contributed by atoms with E-state index in [-0.39, 0.29) is 5.82 Å². The summed E-state index contributed by atoms with van der Waals surface area (Å²) in [4.78, 5) is 3.82. The molecule has 1 heterocycles. The molecular weight excluding hydrogens is 391 g/mol. The molecule has 1 aromatic heterocycles. The first kappa shape index (κ1) is 18.4. The zero-order chi connectivity index (χ0) is 18.9. The monoisotopic (exact) mass is 401 g/mol. The number of nitrogens with zero attached hydrogens (tertiary/aromatic N) is 3. The quantitative estimate of drug-likeness (QED) is 0.605. The Hall–Kier alpha value is -2.39. The molecule has 0 spiro atoms. The Kier molecular flexibility index (Phi) is 4.76. The van der Waals surface area contributed by atoms with Crippen LogP contribution in [0, 0.1) is 0 Å². The standard InChI is InChI=1S/C16H11ClF3N3O2S/c1-26(24,13-8-4-11(17)5-9-13)23-12-6-2-10(3-7-12)14-21-15(25-22-14)16(18,19)20/h2-9H,1H3. The van der Waals surface area contributed by atoms with Crippen LogP contribution in [0.4, 0.5) is 18.9 Å². The first-order valence-electron chi connectivity index (χ1n) is 7.14. The summed E-state index contributed by atoms with van der Waals surface area (Å²) in [6.07, 6.45) is -3.22. The molecule has 0 saturated carbocycles. The maximum Gasteiger partial charge on any atom is 0.471 e. The molecule has 1 atom stereocenters. The van der Waals surface area contributed by atoms with Crippen LogP contribution in [0.2, 0.25) is 5.02 Å². The Bertz CT molecular complexity index is 1040. The molecule has 0 amide bonds. The van der Waals surface area contributed by atoms with E-state index in [2.05, 4.69) is 19.0 Å². The minimum Gasteiger partial charge on any atom is -0.329 e. The van der Waals surface area contributed by atoms with Crippen molar-refractivity contribution in [3.8, 4) is 11.4 Å². The van der Waals surface area contributed by atoms with E-state index in [0.717, 1.165) is 0 Å². The van der Waals surface area contributed by atoms with Gasteiger partial charge in [-0.3, -0.25) is 0 Å². The maximum absolute atomic E-state index is 12.8. The maximum atomic E-state index is 12.8. The number of rotatable bonds is 3. The second kappa shape index (κ2) is 6.73. The highest BCUT2D eigenvalue weighted by Crippen LogP contribution is 2.30. The van der Waals surface area contributed by atoms with Crippen molar-refractivity contribution in [2.24, 2.45) is 4.36 Å². The summed E-state index contributed by atoms with van der Waals surface area (Å²) in [6.45, 7) is 0. The van der Waals surface area contributed by atoms with Crippen LogP contribution in [-0.2, 0) is 15.9 Å². The highest BCUT2D eigenvalue weighted by molar-refractivity contribution is 7.93. The lowest BCUT2D eigenvalue weighted by Gasteiger charge is -2.05. The third-order valence-electron chi connectivity index (χ3n) is 3.32. The van der Waals surface area contributed by atoms with Crippen molar-refractivity contribution in [1.82, 2.24) is 10.1 Å². The van der Waals surface area contributed by atoms with Crippen molar-refractivity contribution in [3.63, 3.8) is 0 Å². The van der Waals surface area contributed by atoms with Crippen LogP contribution in [0.5, 0.6) is 0 Å². The number of hydrogen-bond donors (Lipinski definition) is 0. The Morgan fingerprint density at radius 2 is 1.69 bits per heavy atom. The summed E-state index contributed by atoms with van der Waals surface area (Å²) in [7, 11) is -2.70. The van der Waals surface area contributed by atoms with Crippen LogP contribution in [0.1, 0.15) is 5.89 Å². The Morgan fingerprint density at radius 3 is 2.23 bits per heavy atom. The molecule has 5 nitrogen and oxygen atoms in total. The molecule has 1 unspecified atom stereocenters. The Labute approximate surface area is 152 Å². The van der Waals surface area contributed by atoms with E-state index in [1.54, 1.807) is 24.3 Å². The van der Waals surface area contributed by atoms with Gasteiger partial charge in [0.05, 0.1) is 15.4 Å². The molecule has 0 aliphatic heterocycles. The van der Waals surface area contributed by atoms with Gasteiger partial charge in [-0.2, -0.15) is 22.5 Å². The topological polar surface area (TPSA) is 68.3 Å². The van der Waals surface area contributed by atoms with Gasteiger partial charge in [0, 0.05) is 21.7 Å². The van der Waals surface area contributed by atoms with Crippen molar-refractivity contribution in [2.45, 2.75) is 11.1 Å². The SMILES string of the molecule is CS(=O)(=Nc1ccc(-c2noc(C(F)(F)F)n2)cc1)c1ccc(Cl)cc1. The summed E-state index contributed by atoms with van der Waals surface area (Å²) in [5.74, 6) is -1.61. The molecule has 3 rings (SSSR count). The molecule has 0 bridgehead atoms. The zero-order valence-electron chi connectivity index (χ0n) is 13.2. The average molecular weight is 402 g/mol. The van der Waals surface area contributed by atoms with Gasteiger partial charge in [0.25, 0.3) is 0 Å². The lowest BCUT2D eigenvalue weighted by Crippen LogP contribution is -2.04. The first-order valence-corrected chi connectivity index (χ1v) is 9.44. The van der Waals surface area contributed by atoms with Gasteiger partial charge < -0.3 is 4.52 Å². The molecule has 0 aliphatic rings. The third kappa shape index (κ3) is 4.05. The zero-order valence-corrected chi connectivity index (χ0v) is 14.8. The van der Waals surface area contributed by atoms with Gasteiger partial charge in [0.15, 0.2) is 0 Å². The van der Waals surface area contributed by atoms with E-state index < -0.39 is 21.8 Å². The van der Waals surface area contributed by atoms with Crippen molar-refractivity contribution in [2.75, 3.05) is 6.26 Å². The third-order valence-corrected chi connectivity index (χ3v) is 5.28. The molecule has 136 valence electrons. The number of aromatic nitrogens is 2. The minimum absolute atomic E-state index is 0.196. The van der Waals surface area contributed by atoms with E-state index in [1.165, 1.54) is 30.5 Å². The fourth-order valence-corrected chi connectivity index (χ4v) is 3.46. The molecule has 0 aliphatic carbocycles. The van der Waals surface area contributed by atoms with Gasteiger partial charge in [0.1, 0.15) is 0 Å². The van der Waals surface area contributed by atoms with E-state index in [0.29, 0.717) is 21.2 Å². The molecular formula is C16H11ClF3N3O2S. The van der Waals surface area contributed by atoms with Crippen LogP contribution >= 0.6 is 11.6 Å². The van der Waals surface area contributed by atoms with Crippen LogP contribution in [-0.4, -0.2) is 20.6 Å². The first-order chi connectivity index (χ1) is 12.1. The predicted molar refractivity (Wildman–Crippen MR) is 90.6 cm³/mol. The lowest BCUT2D eigenvalue weighted by atomic mass is 10.2. The molecule has 0 saturated heterocycles. The van der Waals surface area contributed by atoms with Gasteiger partial charge in [-0.25, -0.2) is 4.21 Å². The molecule has 0 radical (unpaired) electrons. The van der Waals surface area contributed by atoms with Gasteiger partial charge in [-0.15, -0.1) is 0 Å². The fraction of sp³-hybridized carbons (Fsp3) is 0.125. The molecule has 2 aromatic carbocycles. The van der Waals surface area contributed by atoms with E-state index in [1.807, 2.05) is 0 Å². The summed E-state index contributed by atoms with van der Waals surface area (Å²) < 4.78 is 58.7. The molecule has 0 fully saturated rings. The van der Waals surface area contributed by atoms with E-state index >= 15 is 0 Å². The minimum atomic E-state index is -4.70. The van der Waals surface area contributed by atoms with Crippen LogP contribution in [0.3, 0.4) is 0 Å². The van der Waals surface area contributed by atoms with E-state index in [9.17, 15) is 17.4 Å². The number of alkyl halides is 3. The Balaban J connectivity index is 1.89. The van der Waals surface area contributed by atoms with Gasteiger partial charge in [-0.05, 0) is 48.5 Å². The largest absolute Gasteiger partial charge is 0.471 e. The Morgan fingerprint density at radius 1 is 1.08 bits per heavy atom. The second-order valence-electron chi connectivity index (χ2n) is 5.32. The van der Waals surface area contributed by atoms with Crippen molar-refractivity contribution < 1.29 is 21.9 Å². The smallest absolute Gasteiger partial charge is 0.329 e. The van der Waals surface area contributed by atoms with Crippen molar-refractivity contribution >= 4 is 27.0 Å². The highest BCUT2D eigenvalue weighted by Gasteiger charge is 2.38. The molecule has 3 aromatic rings. The summed E-state index contributed by atoms with van der Waals surface area (Å²) >= 11 is 5.81. The number of hydrogen-bond acceptors (Lipinski definition) is 5. The lowest BCUT2D eigenvalue weighted by molar-refractivity contribution is -0.159.